The van der Waals surface area contributed by atoms with Gasteiger partial charge in [-0.3, -0.25) is 9.63 Å². The number of hydrogen-bond donors (Lipinski definition) is 2. The zero-order chi connectivity index (χ0) is 8.27. The number of carbonyl (C=O) groups excluding carboxylic acids is 1. The van der Waals surface area contributed by atoms with Gasteiger partial charge in [0.2, 0.25) is 5.91 Å². The summed E-state index contributed by atoms with van der Waals surface area (Å²) >= 11 is 0. The molecule has 11 heavy (non-hydrogen) atoms. The van der Waals surface area contributed by atoms with Crippen molar-refractivity contribution in [1.29, 1.82) is 0 Å². The molecule has 0 radical (unpaired) electrons. The number of hydrogen-bond acceptors (Lipinski definition) is 3. The second-order valence-electron chi connectivity index (χ2n) is 3.00. The van der Waals surface area contributed by atoms with Gasteiger partial charge in [-0.05, 0) is 25.7 Å². The van der Waals surface area contributed by atoms with E-state index in [1.54, 1.807) is 0 Å². The summed E-state index contributed by atoms with van der Waals surface area (Å²) in [5.41, 5.74) is 7.64. The summed E-state index contributed by atoms with van der Waals surface area (Å²) in [6.45, 7) is 2.00. The predicted molar refractivity (Wildman–Crippen MR) is 40.5 cm³/mol. The first-order chi connectivity index (χ1) is 5.20. The van der Waals surface area contributed by atoms with Crippen LogP contribution < -0.4 is 11.2 Å². The standard InChI is InChI=1S/C7H14N2O2/c1-5(6-2-3-6)9-11-4-7(8)10/h5-6,9H,2-4H2,1H3,(H2,8,10). The van der Waals surface area contributed by atoms with E-state index in [0.717, 1.165) is 5.92 Å². The fraction of sp³-hybridized carbons (Fsp3) is 0.857. The largest absolute Gasteiger partial charge is 0.368 e. The number of rotatable bonds is 5. The molecule has 0 aromatic heterocycles. The molecule has 1 rings (SSSR count). The van der Waals surface area contributed by atoms with Crippen LogP contribution in [-0.2, 0) is 9.63 Å². The maximum atomic E-state index is 10.2. The summed E-state index contributed by atoms with van der Waals surface area (Å²) in [4.78, 5) is 15.1. The Kier molecular flexibility index (Phi) is 2.84. The topological polar surface area (TPSA) is 64.3 Å². The summed E-state index contributed by atoms with van der Waals surface area (Å²) in [6, 6.07) is 0.342. The van der Waals surface area contributed by atoms with Gasteiger partial charge in [0.1, 0.15) is 6.61 Å². The van der Waals surface area contributed by atoms with Crippen molar-refractivity contribution < 1.29 is 9.63 Å². The number of primary amides is 1. The minimum absolute atomic E-state index is 0.0446. The van der Waals surface area contributed by atoms with E-state index in [0.29, 0.717) is 6.04 Å². The van der Waals surface area contributed by atoms with Gasteiger partial charge in [0.25, 0.3) is 0 Å². The maximum absolute atomic E-state index is 10.2. The zero-order valence-electron chi connectivity index (χ0n) is 6.67. The van der Waals surface area contributed by atoms with Gasteiger partial charge in [0.05, 0.1) is 0 Å². The van der Waals surface area contributed by atoms with E-state index in [9.17, 15) is 4.79 Å². The van der Waals surface area contributed by atoms with Crippen LogP contribution in [0.4, 0.5) is 0 Å². The molecule has 1 saturated carbocycles. The molecule has 0 aliphatic heterocycles. The Morgan fingerprint density at radius 3 is 2.91 bits per heavy atom. The van der Waals surface area contributed by atoms with Gasteiger partial charge in [-0.1, -0.05) is 0 Å². The highest BCUT2D eigenvalue weighted by atomic mass is 16.6. The lowest BCUT2D eigenvalue weighted by Crippen LogP contribution is -2.32. The van der Waals surface area contributed by atoms with Gasteiger partial charge >= 0.3 is 0 Å². The number of nitrogens with one attached hydrogen (secondary N) is 1. The maximum Gasteiger partial charge on any atom is 0.245 e. The lowest BCUT2D eigenvalue weighted by molar-refractivity contribution is -0.126. The number of nitrogens with two attached hydrogens (primary N) is 1. The fourth-order valence-electron chi connectivity index (χ4n) is 0.937. The molecule has 3 N–H and O–H groups in total. The van der Waals surface area contributed by atoms with Crippen molar-refractivity contribution in [2.45, 2.75) is 25.8 Å². The molecule has 0 aromatic rings. The van der Waals surface area contributed by atoms with Crippen molar-refractivity contribution in [3.8, 4) is 0 Å². The van der Waals surface area contributed by atoms with E-state index < -0.39 is 5.91 Å². The van der Waals surface area contributed by atoms with Crippen LogP contribution in [0.5, 0.6) is 0 Å². The van der Waals surface area contributed by atoms with Gasteiger partial charge in [-0.25, -0.2) is 0 Å². The molecule has 1 aliphatic carbocycles. The molecular formula is C7H14N2O2. The van der Waals surface area contributed by atoms with Crippen molar-refractivity contribution in [3.63, 3.8) is 0 Å². The second-order valence-corrected chi connectivity index (χ2v) is 3.00. The van der Waals surface area contributed by atoms with Crippen LogP contribution >= 0.6 is 0 Å². The van der Waals surface area contributed by atoms with Crippen LogP contribution in [-0.4, -0.2) is 18.6 Å². The van der Waals surface area contributed by atoms with Crippen LogP contribution in [0.15, 0.2) is 0 Å². The molecule has 0 aromatic carbocycles. The number of carbonyl (C=O) groups is 1. The fourth-order valence-corrected chi connectivity index (χ4v) is 0.937. The molecule has 4 heteroatoms. The lowest BCUT2D eigenvalue weighted by atomic mass is 10.2. The van der Waals surface area contributed by atoms with E-state index in [2.05, 4.69) is 5.48 Å². The molecule has 1 aliphatic rings. The van der Waals surface area contributed by atoms with E-state index in [1.165, 1.54) is 12.8 Å². The molecule has 1 amide bonds. The molecule has 64 valence electrons. The van der Waals surface area contributed by atoms with Crippen molar-refractivity contribution in [2.24, 2.45) is 11.7 Å². The Morgan fingerprint density at radius 2 is 2.45 bits per heavy atom. The summed E-state index contributed by atoms with van der Waals surface area (Å²) in [5, 5.41) is 0. The molecule has 4 nitrogen and oxygen atoms in total. The second kappa shape index (κ2) is 3.69. The zero-order valence-corrected chi connectivity index (χ0v) is 6.67. The molecule has 0 heterocycles. The summed E-state index contributed by atoms with van der Waals surface area (Å²) in [5.74, 6) is 0.281. The summed E-state index contributed by atoms with van der Waals surface area (Å²) < 4.78 is 0. The smallest absolute Gasteiger partial charge is 0.245 e. The van der Waals surface area contributed by atoms with Crippen molar-refractivity contribution in [3.05, 3.63) is 0 Å². The third-order valence-corrected chi connectivity index (χ3v) is 1.81. The molecule has 1 unspecified atom stereocenters. The Morgan fingerprint density at radius 1 is 1.82 bits per heavy atom. The van der Waals surface area contributed by atoms with E-state index >= 15 is 0 Å². The third kappa shape index (κ3) is 3.34. The highest BCUT2D eigenvalue weighted by Gasteiger charge is 2.27. The molecular weight excluding hydrogens is 144 g/mol. The normalized spacial score (nSPS) is 19.7. The van der Waals surface area contributed by atoms with Crippen molar-refractivity contribution >= 4 is 5.91 Å². The Bertz CT molecular complexity index is 145. The van der Waals surface area contributed by atoms with Crippen LogP contribution in [0.2, 0.25) is 0 Å². The van der Waals surface area contributed by atoms with Crippen molar-refractivity contribution in [1.82, 2.24) is 5.48 Å². The summed E-state index contributed by atoms with van der Waals surface area (Å²) in [7, 11) is 0. The van der Waals surface area contributed by atoms with Crippen molar-refractivity contribution in [2.75, 3.05) is 6.61 Å². The van der Waals surface area contributed by atoms with E-state index in [-0.39, 0.29) is 6.61 Å². The minimum Gasteiger partial charge on any atom is -0.368 e. The monoisotopic (exact) mass is 158 g/mol. The van der Waals surface area contributed by atoms with Crippen LogP contribution in [0.1, 0.15) is 19.8 Å². The van der Waals surface area contributed by atoms with Gasteiger partial charge in [-0.15, -0.1) is 0 Å². The highest BCUT2D eigenvalue weighted by molar-refractivity contribution is 5.74. The first-order valence-corrected chi connectivity index (χ1v) is 3.86. The lowest BCUT2D eigenvalue weighted by Gasteiger charge is -2.10. The highest BCUT2D eigenvalue weighted by Crippen LogP contribution is 2.32. The average Bonchev–Trinajstić information content (AvgIpc) is 2.66. The van der Waals surface area contributed by atoms with Crippen LogP contribution in [0, 0.1) is 5.92 Å². The SMILES string of the molecule is CC(NOCC(N)=O)C1CC1. The molecule has 1 fully saturated rings. The number of hydroxylamine groups is 1. The first kappa shape index (κ1) is 8.49. The Labute approximate surface area is 66.0 Å². The molecule has 0 bridgehead atoms. The Hall–Kier alpha value is -0.610. The van der Waals surface area contributed by atoms with Gasteiger partial charge < -0.3 is 5.73 Å². The van der Waals surface area contributed by atoms with Crippen LogP contribution in [0.25, 0.3) is 0 Å². The molecule has 0 spiro atoms. The predicted octanol–water partition coefficient (Wildman–Crippen LogP) is -0.209. The first-order valence-electron chi connectivity index (χ1n) is 3.86. The molecule has 0 saturated heterocycles. The third-order valence-electron chi connectivity index (χ3n) is 1.81. The molecule has 1 atom stereocenters. The van der Waals surface area contributed by atoms with E-state index in [4.69, 9.17) is 10.6 Å². The van der Waals surface area contributed by atoms with Crippen LogP contribution in [0.3, 0.4) is 0 Å². The minimum atomic E-state index is -0.444. The average molecular weight is 158 g/mol. The van der Waals surface area contributed by atoms with Gasteiger partial charge in [0.15, 0.2) is 0 Å². The summed E-state index contributed by atoms with van der Waals surface area (Å²) in [6.07, 6.45) is 2.52. The quantitative estimate of drug-likeness (QED) is 0.544. The van der Waals surface area contributed by atoms with E-state index in [1.807, 2.05) is 6.92 Å². The Balaban J connectivity index is 1.97. The number of amides is 1. The van der Waals surface area contributed by atoms with Gasteiger partial charge in [0, 0.05) is 6.04 Å². The van der Waals surface area contributed by atoms with Gasteiger partial charge in [-0.2, -0.15) is 5.48 Å².